The molecule has 0 radical (unpaired) electrons. The molecule has 0 amide bonds. The number of carboxylic acid groups (broad SMARTS) is 1. The van der Waals surface area contributed by atoms with Crippen molar-refractivity contribution in [2.75, 3.05) is 0 Å². The van der Waals surface area contributed by atoms with Gasteiger partial charge in [0.1, 0.15) is 0 Å². The Labute approximate surface area is 105 Å². The van der Waals surface area contributed by atoms with Gasteiger partial charge >= 0.3 is 5.97 Å². The fourth-order valence-corrected chi connectivity index (χ4v) is 2.57. The Morgan fingerprint density at radius 3 is 2.89 bits per heavy atom. The van der Waals surface area contributed by atoms with Gasteiger partial charge in [0.2, 0.25) is 0 Å². The van der Waals surface area contributed by atoms with E-state index >= 15 is 0 Å². The standard InChI is InChI=1S/C15H13NO2/c17-15(18)13-7-4-10-9-11(5-6-12(10)13)14-3-1-2-8-16-14/h1-3,5-6,8-9,13H,4,7H2,(H,17,18). The van der Waals surface area contributed by atoms with Gasteiger partial charge in [0.15, 0.2) is 0 Å². The number of benzene rings is 1. The molecule has 0 fully saturated rings. The summed E-state index contributed by atoms with van der Waals surface area (Å²) in [5, 5.41) is 9.13. The van der Waals surface area contributed by atoms with Crippen LogP contribution in [0.15, 0.2) is 42.6 Å². The van der Waals surface area contributed by atoms with Crippen molar-refractivity contribution in [1.29, 1.82) is 0 Å². The van der Waals surface area contributed by atoms with Crippen LogP contribution in [0.3, 0.4) is 0 Å². The van der Waals surface area contributed by atoms with Gasteiger partial charge in [0, 0.05) is 11.8 Å². The van der Waals surface area contributed by atoms with Gasteiger partial charge in [-0.05, 0) is 42.2 Å². The molecule has 0 saturated heterocycles. The Morgan fingerprint density at radius 1 is 1.28 bits per heavy atom. The summed E-state index contributed by atoms with van der Waals surface area (Å²) in [5.74, 6) is -1.06. The number of fused-ring (bicyclic) bond motifs is 1. The molecule has 1 heterocycles. The average molecular weight is 239 g/mol. The molecule has 0 aliphatic heterocycles. The molecule has 90 valence electrons. The largest absolute Gasteiger partial charge is 0.481 e. The summed E-state index contributed by atoms with van der Waals surface area (Å²) >= 11 is 0. The molecule has 3 rings (SSSR count). The molecule has 18 heavy (non-hydrogen) atoms. The van der Waals surface area contributed by atoms with Gasteiger partial charge in [-0.1, -0.05) is 18.2 Å². The number of nitrogens with zero attached hydrogens (tertiary/aromatic N) is 1. The molecule has 0 spiro atoms. The van der Waals surface area contributed by atoms with E-state index in [4.69, 9.17) is 5.11 Å². The minimum Gasteiger partial charge on any atom is -0.481 e. The number of hydrogen-bond donors (Lipinski definition) is 1. The maximum atomic E-state index is 11.1. The Balaban J connectivity index is 2.01. The predicted molar refractivity (Wildman–Crippen MR) is 68.4 cm³/mol. The molecule has 3 nitrogen and oxygen atoms in total. The van der Waals surface area contributed by atoms with E-state index in [0.29, 0.717) is 6.42 Å². The molecular weight excluding hydrogens is 226 g/mol. The summed E-state index contributed by atoms with van der Waals surface area (Å²) in [6, 6.07) is 11.8. The molecule has 1 aliphatic rings. The minimum atomic E-state index is -0.723. The molecule has 1 atom stereocenters. The van der Waals surface area contributed by atoms with Gasteiger partial charge in [-0.3, -0.25) is 9.78 Å². The SMILES string of the molecule is O=C(O)C1CCc2cc(-c3ccccn3)ccc21. The van der Waals surface area contributed by atoms with Gasteiger partial charge in [0.05, 0.1) is 11.6 Å². The van der Waals surface area contributed by atoms with Gasteiger partial charge in [-0.2, -0.15) is 0 Å². The number of rotatable bonds is 2. The van der Waals surface area contributed by atoms with Crippen LogP contribution in [0.1, 0.15) is 23.5 Å². The Morgan fingerprint density at radius 2 is 2.17 bits per heavy atom. The fraction of sp³-hybridized carbons (Fsp3) is 0.200. The highest BCUT2D eigenvalue weighted by Gasteiger charge is 2.28. The molecule has 0 saturated carbocycles. The molecule has 1 aromatic heterocycles. The van der Waals surface area contributed by atoms with E-state index in [1.54, 1.807) is 6.20 Å². The van der Waals surface area contributed by atoms with Crippen LogP contribution in [0.5, 0.6) is 0 Å². The van der Waals surface area contributed by atoms with Crippen molar-refractivity contribution in [2.24, 2.45) is 0 Å². The lowest BCUT2D eigenvalue weighted by atomic mass is 9.99. The van der Waals surface area contributed by atoms with Crippen molar-refractivity contribution in [1.82, 2.24) is 4.98 Å². The monoisotopic (exact) mass is 239 g/mol. The number of aromatic nitrogens is 1. The highest BCUT2D eigenvalue weighted by Crippen LogP contribution is 2.35. The first kappa shape index (κ1) is 11.0. The maximum Gasteiger partial charge on any atom is 0.310 e. The van der Waals surface area contributed by atoms with Crippen molar-refractivity contribution < 1.29 is 9.90 Å². The Kier molecular flexibility index (Phi) is 2.59. The number of carbonyl (C=O) groups is 1. The quantitative estimate of drug-likeness (QED) is 0.876. The molecule has 3 heteroatoms. The second kappa shape index (κ2) is 4.26. The zero-order valence-corrected chi connectivity index (χ0v) is 9.84. The summed E-state index contributed by atoms with van der Waals surface area (Å²) in [4.78, 5) is 15.4. The lowest BCUT2D eigenvalue weighted by Gasteiger charge is -2.07. The number of carboxylic acids is 1. The predicted octanol–water partition coefficient (Wildman–Crippen LogP) is 2.86. The summed E-state index contributed by atoms with van der Waals surface area (Å²) in [6.45, 7) is 0. The third kappa shape index (κ3) is 1.78. The lowest BCUT2D eigenvalue weighted by Crippen LogP contribution is -2.07. The third-order valence-corrected chi connectivity index (χ3v) is 3.48. The molecule has 1 unspecified atom stereocenters. The van der Waals surface area contributed by atoms with Crippen LogP contribution in [0.25, 0.3) is 11.3 Å². The topological polar surface area (TPSA) is 50.2 Å². The number of hydrogen-bond acceptors (Lipinski definition) is 2. The van der Waals surface area contributed by atoms with Crippen molar-refractivity contribution in [3.05, 3.63) is 53.7 Å². The molecule has 1 aliphatic carbocycles. The Hall–Kier alpha value is -2.16. The first-order chi connectivity index (χ1) is 8.75. The normalized spacial score (nSPS) is 17.4. The van der Waals surface area contributed by atoms with E-state index in [1.165, 1.54) is 0 Å². The van der Waals surface area contributed by atoms with Crippen molar-refractivity contribution in [2.45, 2.75) is 18.8 Å². The molecule has 0 bridgehead atoms. The van der Waals surface area contributed by atoms with Crippen molar-refractivity contribution in [3.8, 4) is 11.3 Å². The van der Waals surface area contributed by atoms with E-state index < -0.39 is 5.97 Å². The van der Waals surface area contributed by atoms with Crippen LogP contribution >= 0.6 is 0 Å². The van der Waals surface area contributed by atoms with Gasteiger partial charge in [-0.15, -0.1) is 0 Å². The van der Waals surface area contributed by atoms with Crippen molar-refractivity contribution in [3.63, 3.8) is 0 Å². The van der Waals surface area contributed by atoms with Crippen LogP contribution in [-0.4, -0.2) is 16.1 Å². The van der Waals surface area contributed by atoms with Crippen molar-refractivity contribution >= 4 is 5.97 Å². The summed E-state index contributed by atoms with van der Waals surface area (Å²) in [6.07, 6.45) is 3.31. The number of aryl methyl sites for hydroxylation is 1. The second-order valence-electron chi connectivity index (χ2n) is 4.56. The van der Waals surface area contributed by atoms with Crippen LogP contribution in [0, 0.1) is 0 Å². The summed E-state index contributed by atoms with van der Waals surface area (Å²) in [7, 11) is 0. The fourth-order valence-electron chi connectivity index (χ4n) is 2.57. The van der Waals surface area contributed by atoms with Crippen LogP contribution in [0.2, 0.25) is 0 Å². The lowest BCUT2D eigenvalue weighted by molar-refractivity contribution is -0.138. The molecule has 1 aromatic carbocycles. The van der Waals surface area contributed by atoms with Crippen LogP contribution in [-0.2, 0) is 11.2 Å². The molecular formula is C15H13NO2. The maximum absolute atomic E-state index is 11.1. The molecule has 2 aromatic rings. The van der Waals surface area contributed by atoms with E-state index in [9.17, 15) is 4.79 Å². The summed E-state index contributed by atoms with van der Waals surface area (Å²) in [5.41, 5.74) is 4.09. The smallest absolute Gasteiger partial charge is 0.310 e. The number of pyridine rings is 1. The van der Waals surface area contributed by atoms with E-state index in [-0.39, 0.29) is 5.92 Å². The first-order valence-corrected chi connectivity index (χ1v) is 6.03. The number of aliphatic carboxylic acids is 1. The zero-order valence-electron chi connectivity index (χ0n) is 9.84. The Bertz CT molecular complexity index is 593. The van der Waals surface area contributed by atoms with E-state index in [0.717, 1.165) is 28.8 Å². The first-order valence-electron chi connectivity index (χ1n) is 6.03. The molecule has 1 N–H and O–H groups in total. The van der Waals surface area contributed by atoms with Gasteiger partial charge in [0.25, 0.3) is 0 Å². The highest BCUT2D eigenvalue weighted by molar-refractivity contribution is 5.78. The second-order valence-corrected chi connectivity index (χ2v) is 4.56. The zero-order chi connectivity index (χ0) is 12.5. The van der Waals surface area contributed by atoms with E-state index in [1.807, 2.05) is 30.3 Å². The van der Waals surface area contributed by atoms with E-state index in [2.05, 4.69) is 11.1 Å². The minimum absolute atomic E-state index is 0.335. The third-order valence-electron chi connectivity index (χ3n) is 3.48. The van der Waals surface area contributed by atoms with Crippen LogP contribution in [0.4, 0.5) is 0 Å². The summed E-state index contributed by atoms with van der Waals surface area (Å²) < 4.78 is 0. The average Bonchev–Trinajstić information content (AvgIpc) is 2.82. The highest BCUT2D eigenvalue weighted by atomic mass is 16.4. The van der Waals surface area contributed by atoms with Gasteiger partial charge < -0.3 is 5.11 Å². The van der Waals surface area contributed by atoms with Gasteiger partial charge in [-0.25, -0.2) is 0 Å². The van der Waals surface area contributed by atoms with Crippen LogP contribution < -0.4 is 0 Å².